The molecule has 0 fully saturated rings. The number of rotatable bonds is 26. The van der Waals surface area contributed by atoms with Crippen LogP contribution >= 0.6 is 58.0 Å². The van der Waals surface area contributed by atoms with Crippen LogP contribution in [0.3, 0.4) is 0 Å². The summed E-state index contributed by atoms with van der Waals surface area (Å²) in [5.74, 6) is 0.954. The number of aromatic amines is 5. The second kappa shape index (κ2) is 41.7. The van der Waals surface area contributed by atoms with E-state index >= 15 is 0 Å². The zero-order valence-corrected chi connectivity index (χ0v) is 76.1. The lowest BCUT2D eigenvalue weighted by molar-refractivity contribution is 0.139. The molecule has 666 valence electrons. The number of fused-ring (bicyclic) bond motifs is 15. The Kier molecular flexibility index (Phi) is 31.0. The first-order chi connectivity index (χ1) is 60.2. The van der Waals surface area contributed by atoms with Crippen LogP contribution in [0.15, 0.2) is 144 Å². The molecule has 38 heteroatoms. The van der Waals surface area contributed by atoms with Gasteiger partial charge in [0, 0.05) is 193 Å². The highest BCUT2D eigenvalue weighted by atomic mass is 35.5. The summed E-state index contributed by atoms with van der Waals surface area (Å²) in [5, 5.41) is 83.1. The molecule has 0 radical (unpaired) electrons. The number of nitrogens with zero attached hydrogens (tertiary/aromatic N) is 16. The van der Waals surface area contributed by atoms with Gasteiger partial charge in [0.15, 0.2) is 11.9 Å². The van der Waals surface area contributed by atoms with Crippen molar-refractivity contribution >= 4 is 179 Å². The minimum atomic E-state index is -0.584. The predicted octanol–water partition coefficient (Wildman–Crippen LogP) is 11.9. The van der Waals surface area contributed by atoms with E-state index in [9.17, 15) is 39.3 Å². The number of hydrogen-bond acceptors (Lipinski definition) is 18. The van der Waals surface area contributed by atoms with Crippen molar-refractivity contribution in [3.63, 3.8) is 0 Å². The molecule has 33 nitrogen and oxygen atoms in total. The van der Waals surface area contributed by atoms with Crippen molar-refractivity contribution in [3.05, 3.63) is 215 Å². The van der Waals surface area contributed by atoms with Crippen LogP contribution in [0.1, 0.15) is 87.8 Å². The van der Waals surface area contributed by atoms with Crippen molar-refractivity contribution in [2.45, 2.75) is 158 Å². The zero-order chi connectivity index (χ0) is 90.6. The van der Waals surface area contributed by atoms with Crippen LogP contribution < -0.4 is 49.9 Å². The van der Waals surface area contributed by atoms with Gasteiger partial charge in [-0.05, 0) is 171 Å². The van der Waals surface area contributed by atoms with Crippen LogP contribution in [-0.2, 0) is 39.3 Å². The fourth-order valence-electron chi connectivity index (χ4n) is 15.5. The normalized spacial score (nSPS) is 12.3. The molecule has 16 aromatic rings. The first kappa shape index (κ1) is 93.7. The number of imidazole rings is 1. The van der Waals surface area contributed by atoms with E-state index in [0.29, 0.717) is 177 Å². The van der Waals surface area contributed by atoms with E-state index in [1.54, 1.807) is 71.9 Å². The van der Waals surface area contributed by atoms with Gasteiger partial charge in [0.1, 0.15) is 27.6 Å². The molecule has 16 rings (SSSR count). The Bertz CT molecular complexity index is 6980. The number of guanidine groups is 2. The Labute approximate surface area is 748 Å². The van der Waals surface area contributed by atoms with Gasteiger partial charge in [0.2, 0.25) is 0 Å². The van der Waals surface area contributed by atoms with Gasteiger partial charge in [-0.1, -0.05) is 78.8 Å². The molecule has 3 unspecified atom stereocenters. The van der Waals surface area contributed by atoms with Crippen LogP contribution in [0.5, 0.6) is 0 Å². The van der Waals surface area contributed by atoms with Crippen molar-refractivity contribution in [1.29, 1.82) is 0 Å². The molecule has 0 aliphatic rings. The lowest BCUT2D eigenvalue weighted by Crippen LogP contribution is -2.35. The number of halogens is 5. The van der Waals surface area contributed by atoms with Gasteiger partial charge < -0.3 is 74.6 Å². The number of nitrogens with two attached hydrogens (primary N) is 2. The van der Waals surface area contributed by atoms with Crippen LogP contribution in [-0.4, -0.2) is 206 Å². The van der Waals surface area contributed by atoms with E-state index in [1.165, 1.54) is 0 Å². The maximum absolute atomic E-state index is 13.1. The highest BCUT2D eigenvalue weighted by Gasteiger charge is 2.24. The van der Waals surface area contributed by atoms with E-state index in [1.807, 2.05) is 152 Å². The van der Waals surface area contributed by atoms with Gasteiger partial charge in [-0.25, -0.2) is 4.98 Å². The largest absolute Gasteiger partial charge is 0.392 e. The summed E-state index contributed by atoms with van der Waals surface area (Å²) in [4.78, 5) is 81.3. The highest BCUT2D eigenvalue weighted by molar-refractivity contribution is 6.33. The molecule has 0 saturated heterocycles. The topological polar surface area (TPSA) is 439 Å². The molecule has 0 amide bonds. The lowest BCUT2D eigenvalue weighted by atomic mass is 10.1. The maximum Gasteiger partial charge on any atom is 0.262 e. The standard InChI is InChI=1S/C19H25ClN6O.C18H18ClN5O2.2C18H23ClN4O2.C15H17ClN6O/c1-12-16-17(23-22-12)14-11-13(20)7-8-15(14)26(18(16)27)10-6-9-21-19(24(2)3)25(4)5;1-11-16-17(22-21-11)14-8-12(19)2-3-15(14)24(18(16)26)6-4-13(25)9-23-7-5-20-10-23;1-10(2)20-9-13(24)6-7-23-15-5-4-12(19)8-14(15)17-16(18(23)25)11(3)21-22-17;1-3-7-20-10-13(24)6-8-23-15-5-4-12(19)9-14(15)17-16(18(23)25)11(2)21-22-17;1-8-12-13(21-20-8)10-7-9(16)3-4-11(10)22(14(12)23)6-2-5-19-15(17)18/h7-8,11H,6,9-10H2,1-5H3,(H,22,23);2-3,5,7-8,10,13,25H,4,6,9H2,1H3,(H,21,22);4-5,8,10,13,20,24H,6-7,9H2,1-3H3,(H,21,22);4-5,9,13,20,24H,3,6-8,10H2,1-2H3,(H,21,22);3-4,7H,2,5-6H2,1H3,(H,20,21)(H4,17,18,19). The summed E-state index contributed by atoms with van der Waals surface area (Å²) in [6, 6.07) is 27.6. The second-order valence-electron chi connectivity index (χ2n) is 31.8. The van der Waals surface area contributed by atoms with Gasteiger partial charge in [0.05, 0.1) is 79.2 Å². The molecule has 0 aliphatic heterocycles. The maximum atomic E-state index is 13.1. The lowest BCUT2D eigenvalue weighted by Gasteiger charge is -2.22. The van der Waals surface area contributed by atoms with Crippen LogP contribution in [0.4, 0.5) is 0 Å². The Hall–Kier alpha value is -11.5. The Morgan fingerprint density at radius 3 is 1.04 bits per heavy atom. The summed E-state index contributed by atoms with van der Waals surface area (Å²) in [6.07, 6.45) is 7.39. The number of aliphatic hydroxyl groups is 3. The fourth-order valence-corrected chi connectivity index (χ4v) is 16.4. The number of hydrogen-bond donors (Lipinski definition) is 12. The average molecular weight is 1820 g/mol. The molecular weight excluding hydrogens is 1710 g/mol. The molecule has 0 spiro atoms. The number of benzene rings is 5. The molecule has 5 aromatic carbocycles. The smallest absolute Gasteiger partial charge is 0.262 e. The molecule has 0 saturated carbocycles. The summed E-state index contributed by atoms with van der Waals surface area (Å²) < 4.78 is 10.4. The molecule has 11 heterocycles. The van der Waals surface area contributed by atoms with Crippen molar-refractivity contribution in [2.24, 2.45) is 21.5 Å². The third-order valence-corrected chi connectivity index (χ3v) is 22.8. The van der Waals surface area contributed by atoms with Crippen molar-refractivity contribution in [1.82, 2.24) is 104 Å². The molecule has 0 bridgehead atoms. The number of aliphatic hydroxyl groups excluding tert-OH is 3. The van der Waals surface area contributed by atoms with Crippen LogP contribution in [0.2, 0.25) is 25.1 Å². The Balaban J connectivity index is 0.000000143. The first-order valence-electron chi connectivity index (χ1n) is 41.5. The minimum Gasteiger partial charge on any atom is -0.392 e. The number of aromatic nitrogens is 17. The molecule has 3 atom stereocenters. The Morgan fingerprint density at radius 1 is 0.452 bits per heavy atom. The minimum absolute atomic E-state index is 0.0319. The van der Waals surface area contributed by atoms with E-state index in [2.05, 4.69) is 83.5 Å². The summed E-state index contributed by atoms with van der Waals surface area (Å²) in [7, 11) is 7.87. The number of aryl methyl sites for hydroxylation is 10. The fraction of sp³-hybridized carbons (Fsp3) is 0.375. The monoisotopic (exact) mass is 1820 g/mol. The van der Waals surface area contributed by atoms with Gasteiger partial charge in [-0.15, -0.1) is 0 Å². The third kappa shape index (κ3) is 21.3. The van der Waals surface area contributed by atoms with Crippen LogP contribution in [0, 0.1) is 34.6 Å². The van der Waals surface area contributed by atoms with E-state index in [0.717, 1.165) is 108 Å². The third-order valence-electron chi connectivity index (χ3n) is 21.6. The van der Waals surface area contributed by atoms with Crippen molar-refractivity contribution in [2.75, 3.05) is 60.9 Å². The van der Waals surface area contributed by atoms with Crippen LogP contribution in [0.25, 0.3) is 109 Å². The number of aliphatic imine (C=N–C) groups is 2. The second-order valence-corrected chi connectivity index (χ2v) is 34.0. The van der Waals surface area contributed by atoms with E-state index < -0.39 is 18.3 Å². The molecule has 14 N–H and O–H groups in total. The quantitative estimate of drug-likeness (QED) is 0.0136. The zero-order valence-electron chi connectivity index (χ0n) is 72.3. The predicted molar refractivity (Wildman–Crippen MR) is 508 cm³/mol. The van der Waals surface area contributed by atoms with Gasteiger partial charge >= 0.3 is 0 Å². The molecule has 126 heavy (non-hydrogen) atoms. The average Bonchev–Trinajstić information content (AvgIpc) is 1.56. The number of nitrogens with one attached hydrogen (secondary N) is 7. The summed E-state index contributed by atoms with van der Waals surface area (Å²) in [6.45, 7) is 21.1. The van der Waals surface area contributed by atoms with Crippen molar-refractivity contribution < 1.29 is 15.3 Å². The van der Waals surface area contributed by atoms with Gasteiger partial charge in [0.25, 0.3) is 27.8 Å². The van der Waals surface area contributed by atoms with Crippen molar-refractivity contribution in [3.8, 4) is 0 Å². The van der Waals surface area contributed by atoms with Gasteiger partial charge in [-0.2, -0.15) is 25.5 Å². The molecule has 11 aromatic heterocycles. The number of H-pyrrole nitrogens is 5. The Morgan fingerprint density at radius 2 is 0.754 bits per heavy atom. The molecule has 0 aliphatic carbocycles. The summed E-state index contributed by atoms with van der Waals surface area (Å²) in [5.41, 5.74) is 21.1. The van der Waals surface area contributed by atoms with Gasteiger partial charge in [-0.3, -0.25) is 59.5 Å². The first-order valence-corrected chi connectivity index (χ1v) is 43.4. The summed E-state index contributed by atoms with van der Waals surface area (Å²) >= 11 is 30.7. The SMILES string of the molecule is CCCNCC(O)CCn1c(=O)c2c(C)[nH]nc2c2cc(Cl)ccc21.Cc1[nH]nc2c1c(=O)n(CCC(O)CNC(C)C)c1ccc(Cl)cc21.Cc1[nH]nc2c1c(=O)n(CCC(O)Cn1ccnc1)c1ccc(Cl)cc21.Cc1[nH]nc2c1c(=O)n(CCCN=C(N(C)C)N(C)C)c1ccc(Cl)cc21.Cc1[nH]nc2c1c(=O)n(CCCN=C(N)N)c1ccc(Cl)cc21. The highest BCUT2D eigenvalue weighted by Crippen LogP contribution is 2.32. The molecular formula is C88H106Cl5N25O8. The van der Waals surface area contributed by atoms with E-state index in [-0.39, 0.29) is 33.8 Å². The number of pyridine rings is 5. The van der Waals surface area contributed by atoms with E-state index in [4.69, 9.17) is 69.5 Å².